The van der Waals surface area contributed by atoms with Crippen molar-refractivity contribution in [1.29, 1.82) is 0 Å². The molecular weight excluding hydrogens is 382 g/mol. The Kier molecular flexibility index (Phi) is 5.45. The Morgan fingerprint density at radius 3 is 2.55 bits per heavy atom. The number of para-hydroxylation sites is 1. The van der Waals surface area contributed by atoms with Gasteiger partial charge in [0.15, 0.2) is 16.6 Å². The van der Waals surface area contributed by atoms with Crippen LogP contribution in [0.2, 0.25) is 0 Å². The van der Waals surface area contributed by atoms with Crippen LogP contribution in [0.15, 0.2) is 60.8 Å². The Bertz CT molecular complexity index is 1030. The Hall–Kier alpha value is -2.99. The van der Waals surface area contributed by atoms with Gasteiger partial charge in [-0.2, -0.15) is 0 Å². The number of anilines is 1. The molecule has 4 rings (SSSR count). The van der Waals surface area contributed by atoms with Crippen LogP contribution in [0.1, 0.15) is 22.9 Å². The molecule has 150 valence electrons. The predicted molar refractivity (Wildman–Crippen MR) is 120 cm³/mol. The molecular formula is C23H25N3O2S. The van der Waals surface area contributed by atoms with Crippen molar-refractivity contribution in [3.8, 4) is 11.5 Å². The minimum atomic E-state index is -0.0115. The van der Waals surface area contributed by atoms with Gasteiger partial charge in [0, 0.05) is 30.7 Å². The number of benzene rings is 2. The van der Waals surface area contributed by atoms with Gasteiger partial charge in [-0.15, -0.1) is 0 Å². The lowest BCUT2D eigenvalue weighted by Crippen LogP contribution is -2.44. The van der Waals surface area contributed by atoms with Crippen LogP contribution in [-0.2, 0) is 6.54 Å². The van der Waals surface area contributed by atoms with E-state index in [2.05, 4.69) is 58.2 Å². The molecule has 0 fully saturated rings. The molecule has 0 radical (unpaired) electrons. The second-order valence-corrected chi connectivity index (χ2v) is 7.47. The van der Waals surface area contributed by atoms with E-state index in [0.717, 1.165) is 35.7 Å². The van der Waals surface area contributed by atoms with E-state index in [1.165, 1.54) is 5.69 Å². The molecule has 0 spiro atoms. The van der Waals surface area contributed by atoms with Crippen LogP contribution in [0.5, 0.6) is 11.5 Å². The van der Waals surface area contributed by atoms with Crippen LogP contribution >= 0.6 is 12.2 Å². The second kappa shape index (κ2) is 8.17. The smallest absolute Gasteiger partial charge is 0.174 e. The number of rotatable bonds is 4. The zero-order valence-electron chi connectivity index (χ0n) is 16.9. The van der Waals surface area contributed by atoms with Crippen LogP contribution in [-0.4, -0.2) is 35.3 Å². The normalized spacial score (nSPS) is 15.6. The van der Waals surface area contributed by atoms with Crippen molar-refractivity contribution >= 4 is 23.0 Å². The summed E-state index contributed by atoms with van der Waals surface area (Å²) >= 11 is 5.86. The maximum absolute atomic E-state index is 5.86. The number of thiocarbonyl (C=S) groups is 1. The summed E-state index contributed by atoms with van der Waals surface area (Å²) in [7, 11) is 3.31. The Morgan fingerprint density at radius 1 is 1.00 bits per heavy atom. The maximum atomic E-state index is 5.86. The van der Waals surface area contributed by atoms with Gasteiger partial charge in [0.25, 0.3) is 0 Å². The monoisotopic (exact) mass is 407 g/mol. The minimum absolute atomic E-state index is 0.0115. The van der Waals surface area contributed by atoms with Gasteiger partial charge in [-0.3, -0.25) is 0 Å². The summed E-state index contributed by atoms with van der Waals surface area (Å²) in [5.74, 6) is 1.43. The van der Waals surface area contributed by atoms with Crippen LogP contribution in [0.4, 0.5) is 5.69 Å². The van der Waals surface area contributed by atoms with Gasteiger partial charge in [0.2, 0.25) is 0 Å². The van der Waals surface area contributed by atoms with E-state index < -0.39 is 0 Å². The quantitative estimate of drug-likeness (QED) is 0.639. The van der Waals surface area contributed by atoms with Gasteiger partial charge in [0.05, 0.1) is 20.3 Å². The molecule has 0 saturated heterocycles. The van der Waals surface area contributed by atoms with Crippen LogP contribution < -0.4 is 14.8 Å². The molecule has 29 heavy (non-hydrogen) atoms. The van der Waals surface area contributed by atoms with Gasteiger partial charge in [-0.05, 0) is 60.6 Å². The average molecular weight is 408 g/mol. The Balaban J connectivity index is 1.72. The fraction of sp³-hybridized carbons (Fsp3) is 0.261. The Labute approximate surface area is 176 Å². The first-order valence-electron chi connectivity index (χ1n) is 9.62. The lowest BCUT2D eigenvalue weighted by Gasteiger charge is -2.39. The molecule has 3 aromatic rings. The molecule has 0 bridgehead atoms. The highest BCUT2D eigenvalue weighted by atomic mass is 32.1. The highest BCUT2D eigenvalue weighted by Gasteiger charge is 2.31. The second-order valence-electron chi connectivity index (χ2n) is 7.08. The Morgan fingerprint density at radius 2 is 1.79 bits per heavy atom. The van der Waals surface area contributed by atoms with Gasteiger partial charge >= 0.3 is 0 Å². The largest absolute Gasteiger partial charge is 0.493 e. The van der Waals surface area contributed by atoms with Crippen molar-refractivity contribution in [3.05, 3.63) is 77.6 Å². The third-order valence-corrected chi connectivity index (χ3v) is 5.75. The van der Waals surface area contributed by atoms with E-state index >= 15 is 0 Å². The summed E-state index contributed by atoms with van der Waals surface area (Å²) in [6.45, 7) is 3.79. The van der Waals surface area contributed by atoms with E-state index in [1.54, 1.807) is 14.2 Å². The van der Waals surface area contributed by atoms with Crippen molar-refractivity contribution < 1.29 is 9.47 Å². The molecule has 1 aliphatic rings. The van der Waals surface area contributed by atoms with E-state index in [9.17, 15) is 0 Å². The average Bonchev–Trinajstić information content (AvgIpc) is 3.23. The summed E-state index contributed by atoms with van der Waals surface area (Å²) in [6.07, 6.45) is 2.12. The highest BCUT2D eigenvalue weighted by Crippen LogP contribution is 2.37. The molecule has 6 heteroatoms. The zero-order valence-corrected chi connectivity index (χ0v) is 17.7. The van der Waals surface area contributed by atoms with Gasteiger partial charge in [-0.25, -0.2) is 0 Å². The molecule has 1 aliphatic heterocycles. The third-order valence-electron chi connectivity index (χ3n) is 5.41. The number of aromatic nitrogens is 1. The molecule has 5 nitrogen and oxygen atoms in total. The van der Waals surface area contributed by atoms with Gasteiger partial charge in [-0.1, -0.05) is 24.3 Å². The van der Waals surface area contributed by atoms with Gasteiger partial charge < -0.3 is 24.3 Å². The highest BCUT2D eigenvalue weighted by molar-refractivity contribution is 7.80. The number of fused-ring (bicyclic) bond motifs is 1. The van der Waals surface area contributed by atoms with Crippen molar-refractivity contribution in [3.63, 3.8) is 0 Å². The number of nitrogens with one attached hydrogen (secondary N) is 1. The van der Waals surface area contributed by atoms with Gasteiger partial charge in [0.1, 0.15) is 0 Å². The first-order chi connectivity index (χ1) is 14.1. The molecule has 1 atom stereocenters. The first-order valence-corrected chi connectivity index (χ1v) is 10.0. The molecule has 0 amide bonds. The number of aryl methyl sites for hydroxylation is 1. The number of nitrogens with zero attached hydrogens (tertiary/aromatic N) is 2. The summed E-state index contributed by atoms with van der Waals surface area (Å²) in [5, 5.41) is 4.16. The topological polar surface area (TPSA) is 38.7 Å². The predicted octanol–water partition coefficient (Wildman–Crippen LogP) is 4.62. The minimum Gasteiger partial charge on any atom is -0.493 e. The lowest BCUT2D eigenvalue weighted by atomic mass is 9.99. The molecule has 0 saturated carbocycles. The van der Waals surface area contributed by atoms with E-state index in [0.29, 0.717) is 10.9 Å². The van der Waals surface area contributed by atoms with E-state index in [4.69, 9.17) is 21.7 Å². The SMILES string of the molecule is COc1ccc([C@@H]2c3cccn3CCN2C(=S)Nc2ccccc2C)cc1OC. The standard InChI is InChI=1S/C23H25N3O2S/c1-16-7-4-5-8-18(16)24-23(29)26-14-13-25-12-6-9-19(25)22(26)17-10-11-20(27-2)21(15-17)28-3/h4-12,15,22H,13-14H2,1-3H3,(H,24,29)/t22-/m1/s1. The van der Waals surface area contributed by atoms with Crippen molar-refractivity contribution in [2.24, 2.45) is 0 Å². The molecule has 1 N–H and O–H groups in total. The summed E-state index contributed by atoms with van der Waals surface area (Å²) in [6, 6.07) is 18.5. The fourth-order valence-corrected chi connectivity index (χ4v) is 4.18. The number of hydrogen-bond donors (Lipinski definition) is 1. The molecule has 1 aromatic heterocycles. The summed E-state index contributed by atoms with van der Waals surface area (Å²) in [4.78, 5) is 2.25. The number of hydrogen-bond acceptors (Lipinski definition) is 3. The summed E-state index contributed by atoms with van der Waals surface area (Å²) in [5.41, 5.74) is 4.51. The molecule has 0 aliphatic carbocycles. The zero-order chi connectivity index (χ0) is 20.4. The maximum Gasteiger partial charge on any atom is 0.174 e. The van der Waals surface area contributed by atoms with E-state index in [-0.39, 0.29) is 6.04 Å². The summed E-state index contributed by atoms with van der Waals surface area (Å²) < 4.78 is 13.2. The lowest BCUT2D eigenvalue weighted by molar-refractivity contribution is 0.291. The van der Waals surface area contributed by atoms with Crippen molar-refractivity contribution in [2.45, 2.75) is 19.5 Å². The van der Waals surface area contributed by atoms with Crippen molar-refractivity contribution in [2.75, 3.05) is 26.1 Å². The number of ether oxygens (including phenoxy) is 2. The van der Waals surface area contributed by atoms with E-state index in [1.807, 2.05) is 24.3 Å². The van der Waals surface area contributed by atoms with Crippen LogP contribution in [0.3, 0.4) is 0 Å². The third kappa shape index (κ3) is 3.68. The first kappa shape index (κ1) is 19.3. The van der Waals surface area contributed by atoms with Crippen LogP contribution in [0, 0.1) is 6.92 Å². The molecule has 2 aromatic carbocycles. The molecule has 2 heterocycles. The van der Waals surface area contributed by atoms with Crippen molar-refractivity contribution in [1.82, 2.24) is 9.47 Å². The van der Waals surface area contributed by atoms with Crippen LogP contribution in [0.25, 0.3) is 0 Å². The molecule has 0 unspecified atom stereocenters. The fourth-order valence-electron chi connectivity index (χ4n) is 3.88. The number of methoxy groups -OCH3 is 2.